The highest BCUT2D eigenvalue weighted by Gasteiger charge is 2.24. The lowest BCUT2D eigenvalue weighted by atomic mass is 9.90. The van der Waals surface area contributed by atoms with Crippen LogP contribution < -0.4 is 24.3 Å². The zero-order chi connectivity index (χ0) is 18.0. The highest BCUT2D eigenvalue weighted by molar-refractivity contribution is 5.87. The van der Waals surface area contributed by atoms with Crippen LogP contribution in [0.2, 0.25) is 0 Å². The number of carbonyl (C=O) groups excluding carboxylic acids is 1. The highest BCUT2D eigenvalue weighted by atomic mass is 16.5. The Morgan fingerprint density at radius 2 is 1.64 bits per heavy atom. The number of fused-ring (bicyclic) bond motifs is 1. The van der Waals surface area contributed by atoms with Gasteiger partial charge < -0.3 is 24.3 Å². The standard InChI is InChI=1S/C19H21NO5/c1-22-12-7-11-10-20-17(21)9-14(11)15(8-12)13-5-6-16(23-2)19(25-4)18(13)24-3/h5-8H,9-10H2,1-4H3,(H,20,21). The van der Waals surface area contributed by atoms with Gasteiger partial charge in [-0.2, -0.15) is 0 Å². The largest absolute Gasteiger partial charge is 0.497 e. The van der Waals surface area contributed by atoms with Crippen molar-refractivity contribution >= 4 is 5.91 Å². The second kappa shape index (κ2) is 6.93. The minimum Gasteiger partial charge on any atom is -0.497 e. The fourth-order valence-electron chi connectivity index (χ4n) is 3.16. The fraction of sp³-hybridized carbons (Fsp3) is 0.316. The van der Waals surface area contributed by atoms with Gasteiger partial charge in [0.25, 0.3) is 0 Å². The lowest BCUT2D eigenvalue weighted by Gasteiger charge is -2.23. The number of carbonyl (C=O) groups is 1. The Hall–Kier alpha value is -2.89. The van der Waals surface area contributed by atoms with E-state index in [0.717, 1.165) is 28.0 Å². The van der Waals surface area contributed by atoms with Crippen molar-refractivity contribution < 1.29 is 23.7 Å². The first-order valence-electron chi connectivity index (χ1n) is 7.88. The molecule has 132 valence electrons. The normalized spacial score (nSPS) is 12.9. The van der Waals surface area contributed by atoms with Crippen molar-refractivity contribution in [2.75, 3.05) is 28.4 Å². The van der Waals surface area contributed by atoms with Crippen LogP contribution >= 0.6 is 0 Å². The van der Waals surface area contributed by atoms with Gasteiger partial charge in [-0.25, -0.2) is 0 Å². The van der Waals surface area contributed by atoms with Crippen LogP contribution in [0, 0.1) is 0 Å². The molecule has 2 aromatic rings. The smallest absolute Gasteiger partial charge is 0.224 e. The molecule has 3 rings (SSSR count). The molecule has 0 saturated carbocycles. The molecule has 0 aliphatic carbocycles. The van der Waals surface area contributed by atoms with Crippen LogP contribution in [0.15, 0.2) is 24.3 Å². The summed E-state index contributed by atoms with van der Waals surface area (Å²) in [4.78, 5) is 11.9. The SMILES string of the molecule is COc1cc2c(c(-c3ccc(OC)c(OC)c3OC)c1)CC(=O)NC2. The second-order valence-electron chi connectivity index (χ2n) is 5.65. The molecule has 25 heavy (non-hydrogen) atoms. The summed E-state index contributed by atoms with van der Waals surface area (Å²) >= 11 is 0. The molecule has 0 atom stereocenters. The minimum atomic E-state index is -0.00152. The van der Waals surface area contributed by atoms with Gasteiger partial charge in [0.2, 0.25) is 11.7 Å². The number of rotatable bonds is 5. The number of nitrogens with one attached hydrogen (secondary N) is 1. The van der Waals surface area contributed by atoms with Crippen molar-refractivity contribution in [3.8, 4) is 34.1 Å². The molecule has 1 aliphatic rings. The number of methoxy groups -OCH3 is 4. The van der Waals surface area contributed by atoms with Gasteiger partial charge in [-0.05, 0) is 41.0 Å². The van der Waals surface area contributed by atoms with Gasteiger partial charge in [-0.3, -0.25) is 4.79 Å². The first kappa shape index (κ1) is 17.0. The zero-order valence-electron chi connectivity index (χ0n) is 14.8. The summed E-state index contributed by atoms with van der Waals surface area (Å²) in [6.07, 6.45) is 0.312. The lowest BCUT2D eigenvalue weighted by Crippen LogP contribution is -2.30. The molecule has 0 spiro atoms. The molecule has 6 heteroatoms. The summed E-state index contributed by atoms with van der Waals surface area (Å²) in [5, 5.41) is 2.87. The van der Waals surface area contributed by atoms with Crippen molar-refractivity contribution in [1.82, 2.24) is 5.32 Å². The summed E-state index contributed by atoms with van der Waals surface area (Å²) < 4.78 is 21.9. The van der Waals surface area contributed by atoms with E-state index in [0.29, 0.717) is 30.2 Å². The molecule has 1 heterocycles. The van der Waals surface area contributed by atoms with E-state index in [1.807, 2.05) is 24.3 Å². The summed E-state index contributed by atoms with van der Waals surface area (Å²) in [5.74, 6) is 2.38. The van der Waals surface area contributed by atoms with Crippen molar-refractivity contribution in [3.05, 3.63) is 35.4 Å². The molecule has 6 nitrogen and oxygen atoms in total. The van der Waals surface area contributed by atoms with Crippen LogP contribution in [-0.4, -0.2) is 34.3 Å². The van der Waals surface area contributed by atoms with E-state index >= 15 is 0 Å². The molecule has 1 aliphatic heterocycles. The maximum Gasteiger partial charge on any atom is 0.224 e. The van der Waals surface area contributed by atoms with E-state index in [2.05, 4.69) is 5.32 Å². The van der Waals surface area contributed by atoms with Gasteiger partial charge >= 0.3 is 0 Å². The number of ether oxygens (including phenoxy) is 4. The lowest BCUT2D eigenvalue weighted by molar-refractivity contribution is -0.121. The summed E-state index contributed by atoms with van der Waals surface area (Å²) in [5.41, 5.74) is 3.72. The molecular weight excluding hydrogens is 322 g/mol. The number of hydrogen-bond acceptors (Lipinski definition) is 5. The Bertz CT molecular complexity index is 816. The van der Waals surface area contributed by atoms with Crippen LogP contribution in [0.25, 0.3) is 11.1 Å². The first-order valence-corrected chi connectivity index (χ1v) is 7.88. The molecule has 0 fully saturated rings. The number of benzene rings is 2. The topological polar surface area (TPSA) is 66.0 Å². The molecular formula is C19H21NO5. The summed E-state index contributed by atoms with van der Waals surface area (Å²) in [7, 11) is 6.35. The molecule has 1 N–H and O–H groups in total. The summed E-state index contributed by atoms with van der Waals surface area (Å²) in [6, 6.07) is 7.60. The fourth-order valence-corrected chi connectivity index (χ4v) is 3.16. The highest BCUT2D eigenvalue weighted by Crippen LogP contribution is 2.46. The number of hydrogen-bond donors (Lipinski definition) is 1. The van der Waals surface area contributed by atoms with Crippen molar-refractivity contribution in [1.29, 1.82) is 0 Å². The van der Waals surface area contributed by atoms with E-state index in [1.165, 1.54) is 0 Å². The van der Waals surface area contributed by atoms with Gasteiger partial charge in [0.15, 0.2) is 11.5 Å². The average molecular weight is 343 g/mol. The minimum absolute atomic E-state index is 0.00152. The molecule has 0 unspecified atom stereocenters. The van der Waals surface area contributed by atoms with Crippen LogP contribution in [0.5, 0.6) is 23.0 Å². The van der Waals surface area contributed by atoms with E-state index in [1.54, 1.807) is 28.4 Å². The van der Waals surface area contributed by atoms with Gasteiger partial charge in [0, 0.05) is 12.1 Å². The van der Waals surface area contributed by atoms with E-state index in [9.17, 15) is 4.79 Å². The Morgan fingerprint density at radius 1 is 0.880 bits per heavy atom. The first-order chi connectivity index (χ1) is 12.1. The molecule has 0 aromatic heterocycles. The molecule has 1 amide bonds. The van der Waals surface area contributed by atoms with E-state index < -0.39 is 0 Å². The van der Waals surface area contributed by atoms with Gasteiger partial charge in [0.05, 0.1) is 34.9 Å². The molecule has 0 radical (unpaired) electrons. The van der Waals surface area contributed by atoms with Crippen molar-refractivity contribution in [3.63, 3.8) is 0 Å². The summed E-state index contributed by atoms with van der Waals surface area (Å²) in [6.45, 7) is 0.480. The number of amides is 1. The van der Waals surface area contributed by atoms with Crippen molar-refractivity contribution in [2.45, 2.75) is 13.0 Å². The molecule has 0 bridgehead atoms. The van der Waals surface area contributed by atoms with Crippen LogP contribution in [0.4, 0.5) is 0 Å². The van der Waals surface area contributed by atoms with Gasteiger partial charge in [-0.15, -0.1) is 0 Å². The Labute approximate surface area is 146 Å². The van der Waals surface area contributed by atoms with Crippen LogP contribution in [0.3, 0.4) is 0 Å². The third-order valence-corrected chi connectivity index (χ3v) is 4.36. The van der Waals surface area contributed by atoms with Gasteiger partial charge in [-0.1, -0.05) is 0 Å². The Balaban J connectivity index is 2.27. The molecule has 2 aromatic carbocycles. The predicted molar refractivity (Wildman–Crippen MR) is 93.6 cm³/mol. The van der Waals surface area contributed by atoms with Crippen molar-refractivity contribution in [2.24, 2.45) is 0 Å². The molecule has 0 saturated heterocycles. The third-order valence-electron chi connectivity index (χ3n) is 4.36. The van der Waals surface area contributed by atoms with Gasteiger partial charge in [0.1, 0.15) is 5.75 Å². The second-order valence-corrected chi connectivity index (χ2v) is 5.65. The third kappa shape index (κ3) is 2.95. The van der Waals surface area contributed by atoms with E-state index in [-0.39, 0.29) is 5.91 Å². The quantitative estimate of drug-likeness (QED) is 0.904. The maximum absolute atomic E-state index is 11.9. The maximum atomic E-state index is 11.9. The Morgan fingerprint density at radius 3 is 2.28 bits per heavy atom. The van der Waals surface area contributed by atoms with Crippen LogP contribution in [-0.2, 0) is 17.8 Å². The average Bonchev–Trinajstić information content (AvgIpc) is 2.65. The predicted octanol–water partition coefficient (Wildman–Crippen LogP) is 2.56. The Kier molecular flexibility index (Phi) is 4.70. The van der Waals surface area contributed by atoms with E-state index in [4.69, 9.17) is 18.9 Å². The monoisotopic (exact) mass is 343 g/mol. The zero-order valence-corrected chi connectivity index (χ0v) is 14.8. The van der Waals surface area contributed by atoms with Crippen LogP contribution in [0.1, 0.15) is 11.1 Å².